The van der Waals surface area contributed by atoms with Gasteiger partial charge in [0.15, 0.2) is 0 Å². The number of hydrogen-bond donors (Lipinski definition) is 2. The minimum absolute atomic E-state index is 0.0509. The van der Waals surface area contributed by atoms with Crippen LogP contribution in [-0.4, -0.2) is 34.3 Å². The predicted octanol–water partition coefficient (Wildman–Crippen LogP) is -0.220. The van der Waals surface area contributed by atoms with E-state index in [1.165, 1.54) is 6.33 Å². The van der Waals surface area contributed by atoms with Crippen LogP contribution in [0.25, 0.3) is 0 Å². The van der Waals surface area contributed by atoms with Gasteiger partial charge in [0.05, 0.1) is 13.2 Å². The van der Waals surface area contributed by atoms with E-state index >= 15 is 0 Å². The summed E-state index contributed by atoms with van der Waals surface area (Å²) < 4.78 is 4.96. The van der Waals surface area contributed by atoms with Crippen LogP contribution < -0.4 is 5.32 Å². The molecular formula is C7H10N4O2. The van der Waals surface area contributed by atoms with Gasteiger partial charge in [0, 0.05) is 12.3 Å². The SMILES string of the molecule is O=C(CC1COC1)Nc1ncn[nH]1. The molecule has 2 rings (SSSR count). The zero-order valence-corrected chi connectivity index (χ0v) is 6.99. The Balaban J connectivity index is 1.78. The van der Waals surface area contributed by atoms with E-state index in [1.807, 2.05) is 0 Å². The van der Waals surface area contributed by atoms with Crippen LogP contribution in [0.15, 0.2) is 6.33 Å². The molecule has 6 heteroatoms. The smallest absolute Gasteiger partial charge is 0.227 e. The summed E-state index contributed by atoms with van der Waals surface area (Å²) in [7, 11) is 0. The van der Waals surface area contributed by atoms with Crippen molar-refractivity contribution in [3.8, 4) is 0 Å². The fraction of sp³-hybridized carbons (Fsp3) is 0.571. The summed E-state index contributed by atoms with van der Waals surface area (Å²) in [5, 5.41) is 8.76. The van der Waals surface area contributed by atoms with E-state index in [1.54, 1.807) is 0 Å². The van der Waals surface area contributed by atoms with Crippen LogP contribution >= 0.6 is 0 Å². The van der Waals surface area contributed by atoms with Gasteiger partial charge >= 0.3 is 0 Å². The highest BCUT2D eigenvalue weighted by Gasteiger charge is 2.21. The Hall–Kier alpha value is -1.43. The summed E-state index contributed by atoms with van der Waals surface area (Å²) in [5.74, 6) is 0.707. The van der Waals surface area contributed by atoms with E-state index in [4.69, 9.17) is 4.74 Å². The monoisotopic (exact) mass is 182 g/mol. The number of rotatable bonds is 3. The number of carbonyl (C=O) groups is 1. The highest BCUT2D eigenvalue weighted by Crippen LogP contribution is 2.14. The van der Waals surface area contributed by atoms with E-state index in [2.05, 4.69) is 20.5 Å². The Morgan fingerprint density at radius 1 is 1.77 bits per heavy atom. The van der Waals surface area contributed by atoms with Crippen molar-refractivity contribution < 1.29 is 9.53 Å². The molecule has 13 heavy (non-hydrogen) atoms. The topological polar surface area (TPSA) is 79.9 Å². The number of aromatic amines is 1. The van der Waals surface area contributed by atoms with Crippen LogP contribution in [0.2, 0.25) is 0 Å². The second-order valence-corrected chi connectivity index (χ2v) is 2.99. The van der Waals surface area contributed by atoms with Crippen molar-refractivity contribution in [2.75, 3.05) is 18.5 Å². The van der Waals surface area contributed by atoms with Crippen molar-refractivity contribution in [1.29, 1.82) is 0 Å². The normalized spacial score (nSPS) is 16.6. The number of ether oxygens (including phenoxy) is 1. The molecule has 1 aliphatic heterocycles. The summed E-state index contributed by atoms with van der Waals surface area (Å²) in [6.45, 7) is 1.37. The fourth-order valence-electron chi connectivity index (χ4n) is 1.11. The zero-order chi connectivity index (χ0) is 9.10. The van der Waals surface area contributed by atoms with E-state index in [9.17, 15) is 4.79 Å². The Bertz CT molecular complexity index is 281. The third-order valence-electron chi connectivity index (χ3n) is 1.85. The molecule has 2 N–H and O–H groups in total. The minimum Gasteiger partial charge on any atom is -0.381 e. The molecule has 1 amide bonds. The van der Waals surface area contributed by atoms with Gasteiger partial charge in [-0.3, -0.25) is 10.1 Å². The highest BCUT2D eigenvalue weighted by molar-refractivity contribution is 5.89. The maximum absolute atomic E-state index is 11.3. The van der Waals surface area contributed by atoms with E-state index < -0.39 is 0 Å². The standard InChI is InChI=1S/C7H10N4O2/c12-6(1-5-2-13-3-5)10-7-8-4-9-11-7/h4-5H,1-3H2,(H2,8,9,10,11,12). The second-order valence-electron chi connectivity index (χ2n) is 2.99. The third kappa shape index (κ3) is 2.03. The predicted molar refractivity (Wildman–Crippen MR) is 43.9 cm³/mol. The summed E-state index contributed by atoms with van der Waals surface area (Å²) in [5.41, 5.74) is 0. The van der Waals surface area contributed by atoms with Gasteiger partial charge in [-0.2, -0.15) is 10.1 Å². The number of anilines is 1. The van der Waals surface area contributed by atoms with Gasteiger partial charge in [0.2, 0.25) is 11.9 Å². The molecule has 2 heterocycles. The molecule has 6 nitrogen and oxygen atoms in total. The molecule has 0 saturated carbocycles. The van der Waals surface area contributed by atoms with Gasteiger partial charge in [-0.1, -0.05) is 0 Å². The molecule has 0 atom stereocenters. The molecule has 0 bridgehead atoms. The lowest BCUT2D eigenvalue weighted by atomic mass is 10.0. The van der Waals surface area contributed by atoms with Crippen molar-refractivity contribution in [1.82, 2.24) is 15.2 Å². The van der Waals surface area contributed by atoms with Crippen LogP contribution in [0.1, 0.15) is 6.42 Å². The molecule has 0 spiro atoms. The van der Waals surface area contributed by atoms with Crippen molar-refractivity contribution in [2.24, 2.45) is 5.92 Å². The number of H-pyrrole nitrogens is 1. The van der Waals surface area contributed by atoms with Crippen LogP contribution in [0.5, 0.6) is 0 Å². The molecule has 1 aromatic heterocycles. The molecule has 0 aromatic carbocycles. The van der Waals surface area contributed by atoms with Gasteiger partial charge in [0.1, 0.15) is 6.33 Å². The highest BCUT2D eigenvalue weighted by atomic mass is 16.5. The lowest BCUT2D eigenvalue weighted by molar-refractivity contribution is -0.121. The number of aromatic nitrogens is 3. The summed E-state index contributed by atoms with van der Waals surface area (Å²) in [4.78, 5) is 15.0. The maximum atomic E-state index is 11.3. The van der Waals surface area contributed by atoms with E-state index in [0.717, 1.165) is 0 Å². The molecule has 1 aromatic rings. The fourth-order valence-corrected chi connectivity index (χ4v) is 1.11. The number of nitrogens with one attached hydrogen (secondary N) is 2. The van der Waals surface area contributed by atoms with Gasteiger partial charge in [-0.25, -0.2) is 5.10 Å². The first-order valence-corrected chi connectivity index (χ1v) is 4.07. The zero-order valence-electron chi connectivity index (χ0n) is 6.99. The van der Waals surface area contributed by atoms with Crippen LogP contribution in [0.4, 0.5) is 5.95 Å². The molecule has 1 aliphatic rings. The van der Waals surface area contributed by atoms with Gasteiger partial charge < -0.3 is 4.74 Å². The summed E-state index contributed by atoms with van der Waals surface area (Å²) in [6.07, 6.45) is 1.84. The molecule has 1 fully saturated rings. The van der Waals surface area contributed by atoms with Crippen LogP contribution in [0, 0.1) is 5.92 Å². The maximum Gasteiger partial charge on any atom is 0.227 e. The first-order chi connectivity index (χ1) is 6.34. The Labute approximate surface area is 74.7 Å². The Kier molecular flexibility index (Phi) is 2.22. The first-order valence-electron chi connectivity index (χ1n) is 4.07. The van der Waals surface area contributed by atoms with Crippen molar-refractivity contribution in [3.63, 3.8) is 0 Å². The molecule has 0 aliphatic carbocycles. The Morgan fingerprint density at radius 3 is 3.15 bits per heavy atom. The van der Waals surface area contributed by atoms with E-state index in [-0.39, 0.29) is 5.91 Å². The van der Waals surface area contributed by atoms with Gasteiger partial charge in [-0.15, -0.1) is 0 Å². The van der Waals surface area contributed by atoms with Gasteiger partial charge in [0.25, 0.3) is 0 Å². The van der Waals surface area contributed by atoms with Crippen LogP contribution in [-0.2, 0) is 9.53 Å². The molecule has 0 radical (unpaired) electrons. The lowest BCUT2D eigenvalue weighted by Crippen LogP contribution is -2.31. The van der Waals surface area contributed by atoms with Crippen LogP contribution in [0.3, 0.4) is 0 Å². The summed E-state index contributed by atoms with van der Waals surface area (Å²) in [6, 6.07) is 0. The second kappa shape index (κ2) is 3.53. The first kappa shape index (κ1) is 8.18. The van der Waals surface area contributed by atoms with Crippen molar-refractivity contribution in [3.05, 3.63) is 6.33 Å². The third-order valence-corrected chi connectivity index (χ3v) is 1.85. The number of nitrogens with zero attached hydrogens (tertiary/aromatic N) is 2. The summed E-state index contributed by atoms with van der Waals surface area (Å²) >= 11 is 0. The molecule has 1 saturated heterocycles. The van der Waals surface area contributed by atoms with Gasteiger partial charge in [-0.05, 0) is 0 Å². The van der Waals surface area contributed by atoms with Crippen molar-refractivity contribution in [2.45, 2.75) is 6.42 Å². The number of amides is 1. The Morgan fingerprint density at radius 2 is 2.62 bits per heavy atom. The molecule has 70 valence electrons. The average molecular weight is 182 g/mol. The quantitative estimate of drug-likeness (QED) is 0.677. The largest absolute Gasteiger partial charge is 0.381 e. The number of hydrogen-bond acceptors (Lipinski definition) is 4. The lowest BCUT2D eigenvalue weighted by Gasteiger charge is -2.24. The van der Waals surface area contributed by atoms with E-state index in [0.29, 0.717) is 31.5 Å². The average Bonchev–Trinajstić information content (AvgIpc) is 2.49. The molecular weight excluding hydrogens is 172 g/mol. The minimum atomic E-state index is -0.0509. The number of carbonyl (C=O) groups excluding carboxylic acids is 1. The van der Waals surface area contributed by atoms with Crippen molar-refractivity contribution >= 4 is 11.9 Å². The molecule has 0 unspecified atom stereocenters.